The van der Waals surface area contributed by atoms with Crippen molar-refractivity contribution in [3.05, 3.63) is 17.4 Å². The minimum Gasteiger partial charge on any atom is -0.387 e. The van der Waals surface area contributed by atoms with E-state index >= 15 is 0 Å². The number of hydrogen-bond acceptors (Lipinski definition) is 4. The van der Waals surface area contributed by atoms with Gasteiger partial charge >= 0.3 is 6.36 Å². The maximum atomic E-state index is 13.0. The van der Waals surface area contributed by atoms with Gasteiger partial charge in [-0.2, -0.15) is 4.98 Å². The molecule has 0 radical (unpaired) electrons. The normalized spacial score (nSPS) is 11.5. The van der Waals surface area contributed by atoms with Crippen LogP contribution in [0.4, 0.5) is 23.4 Å². The van der Waals surface area contributed by atoms with Gasteiger partial charge in [-0.25, -0.2) is 4.39 Å². The molecule has 0 aliphatic rings. The Kier molecular flexibility index (Phi) is 2.98. The molecule has 1 aromatic rings. The molecule has 0 aromatic carbocycles. The molecular formula is C7H7F4N3O. The molecular weight excluding hydrogens is 218 g/mol. The highest BCUT2D eigenvalue weighted by molar-refractivity contribution is 5.39. The molecule has 8 heteroatoms. The largest absolute Gasteiger partial charge is 0.574 e. The average molecular weight is 225 g/mol. The third-order valence-electron chi connectivity index (χ3n) is 1.47. The molecule has 1 heterocycles. The number of rotatable bonds is 2. The Morgan fingerprint density at radius 2 is 2.00 bits per heavy atom. The van der Waals surface area contributed by atoms with Gasteiger partial charge < -0.3 is 16.2 Å². The molecule has 4 N–H and O–H groups in total. The van der Waals surface area contributed by atoms with Crippen LogP contribution in [0.15, 0.2) is 6.07 Å². The molecule has 15 heavy (non-hydrogen) atoms. The van der Waals surface area contributed by atoms with Gasteiger partial charge in [0.2, 0.25) is 5.88 Å². The number of nitrogens with two attached hydrogens (primary N) is 2. The van der Waals surface area contributed by atoms with Gasteiger partial charge in [-0.05, 0) is 0 Å². The van der Waals surface area contributed by atoms with Gasteiger partial charge in [-0.3, -0.25) is 0 Å². The fourth-order valence-electron chi connectivity index (χ4n) is 0.915. The van der Waals surface area contributed by atoms with E-state index in [2.05, 4.69) is 9.72 Å². The summed E-state index contributed by atoms with van der Waals surface area (Å²) in [6.07, 6.45) is -4.96. The zero-order valence-corrected chi connectivity index (χ0v) is 7.31. The summed E-state index contributed by atoms with van der Waals surface area (Å²) < 4.78 is 52.1. The SMILES string of the molecule is NCc1c(F)cc(N)nc1OC(F)(F)F. The van der Waals surface area contributed by atoms with Gasteiger partial charge in [0, 0.05) is 12.6 Å². The number of halogens is 4. The summed E-state index contributed by atoms with van der Waals surface area (Å²) in [6.45, 7) is -0.468. The highest BCUT2D eigenvalue weighted by Gasteiger charge is 2.33. The molecule has 0 saturated carbocycles. The van der Waals surface area contributed by atoms with Crippen molar-refractivity contribution in [3.63, 3.8) is 0 Å². The molecule has 0 saturated heterocycles. The lowest BCUT2D eigenvalue weighted by molar-refractivity contribution is -0.276. The lowest BCUT2D eigenvalue weighted by Crippen LogP contribution is -2.20. The summed E-state index contributed by atoms with van der Waals surface area (Å²) in [5.41, 5.74) is 9.64. The second-order valence-corrected chi connectivity index (χ2v) is 2.56. The van der Waals surface area contributed by atoms with E-state index in [1.807, 2.05) is 0 Å². The number of anilines is 1. The highest BCUT2D eigenvalue weighted by Crippen LogP contribution is 2.27. The van der Waals surface area contributed by atoms with Gasteiger partial charge in [0.25, 0.3) is 0 Å². The lowest BCUT2D eigenvalue weighted by Gasteiger charge is -2.12. The number of alkyl halides is 3. The van der Waals surface area contributed by atoms with E-state index in [4.69, 9.17) is 11.5 Å². The highest BCUT2D eigenvalue weighted by atomic mass is 19.4. The Balaban J connectivity index is 3.15. The standard InChI is InChI=1S/C7H7F4N3O/c8-4-1-5(13)14-6(3(4)2-12)15-7(9,10)11/h1H,2,12H2,(H2,13,14). The fraction of sp³-hybridized carbons (Fsp3) is 0.286. The maximum Gasteiger partial charge on any atom is 0.574 e. The van der Waals surface area contributed by atoms with Crippen molar-refractivity contribution in [2.75, 3.05) is 5.73 Å². The van der Waals surface area contributed by atoms with Crippen LogP contribution in [0.1, 0.15) is 5.56 Å². The quantitative estimate of drug-likeness (QED) is 0.740. The number of ether oxygens (including phenoxy) is 1. The zero-order valence-electron chi connectivity index (χ0n) is 7.31. The predicted octanol–water partition coefficient (Wildman–Crippen LogP) is 1.16. The van der Waals surface area contributed by atoms with Crippen LogP contribution in [0.3, 0.4) is 0 Å². The minimum atomic E-state index is -4.96. The Morgan fingerprint density at radius 1 is 1.40 bits per heavy atom. The first-order valence-electron chi connectivity index (χ1n) is 3.74. The Bertz CT molecular complexity index is 366. The van der Waals surface area contributed by atoms with Crippen LogP contribution in [0.25, 0.3) is 0 Å². The third kappa shape index (κ3) is 2.94. The van der Waals surface area contributed by atoms with Gasteiger partial charge in [0.05, 0.1) is 5.56 Å². The van der Waals surface area contributed by atoms with Gasteiger partial charge in [-0.15, -0.1) is 13.2 Å². The number of nitrogens with zero attached hydrogens (tertiary/aromatic N) is 1. The molecule has 4 nitrogen and oxygen atoms in total. The summed E-state index contributed by atoms with van der Waals surface area (Å²) in [7, 11) is 0. The summed E-state index contributed by atoms with van der Waals surface area (Å²) >= 11 is 0. The minimum absolute atomic E-state index is 0.413. The molecule has 84 valence electrons. The van der Waals surface area contributed by atoms with Crippen LogP contribution < -0.4 is 16.2 Å². The molecule has 0 fully saturated rings. The van der Waals surface area contributed by atoms with Crippen molar-refractivity contribution < 1.29 is 22.3 Å². The van der Waals surface area contributed by atoms with Crippen molar-refractivity contribution >= 4 is 5.82 Å². The van der Waals surface area contributed by atoms with Crippen LogP contribution in [-0.2, 0) is 6.54 Å². The Morgan fingerprint density at radius 3 is 2.47 bits per heavy atom. The van der Waals surface area contributed by atoms with Crippen LogP contribution in [-0.4, -0.2) is 11.3 Å². The van der Waals surface area contributed by atoms with Crippen LogP contribution >= 0.6 is 0 Å². The average Bonchev–Trinajstić information content (AvgIpc) is 1.99. The molecule has 0 bridgehead atoms. The molecule has 0 spiro atoms. The van der Waals surface area contributed by atoms with E-state index in [0.717, 1.165) is 6.07 Å². The first kappa shape index (κ1) is 11.5. The van der Waals surface area contributed by atoms with Crippen LogP contribution in [0.2, 0.25) is 0 Å². The van der Waals surface area contributed by atoms with Crippen molar-refractivity contribution in [1.82, 2.24) is 4.98 Å². The van der Waals surface area contributed by atoms with Gasteiger partial charge in [-0.1, -0.05) is 0 Å². The zero-order chi connectivity index (χ0) is 11.6. The van der Waals surface area contributed by atoms with Crippen molar-refractivity contribution in [3.8, 4) is 5.88 Å². The Hall–Kier alpha value is -1.57. The van der Waals surface area contributed by atoms with Crippen molar-refractivity contribution in [1.29, 1.82) is 0 Å². The van der Waals surface area contributed by atoms with E-state index in [9.17, 15) is 17.6 Å². The fourth-order valence-corrected chi connectivity index (χ4v) is 0.915. The summed E-state index contributed by atoms with van der Waals surface area (Å²) in [5.74, 6) is -2.35. The first-order chi connectivity index (χ1) is 6.83. The summed E-state index contributed by atoms with van der Waals surface area (Å²) in [5, 5.41) is 0. The van der Waals surface area contributed by atoms with Crippen LogP contribution in [0.5, 0.6) is 5.88 Å². The van der Waals surface area contributed by atoms with Gasteiger partial charge in [0.15, 0.2) is 0 Å². The lowest BCUT2D eigenvalue weighted by atomic mass is 10.2. The van der Waals surface area contributed by atoms with Crippen LogP contribution in [0, 0.1) is 5.82 Å². The molecule has 1 aromatic heterocycles. The number of hydrogen-bond donors (Lipinski definition) is 2. The summed E-state index contributed by atoms with van der Waals surface area (Å²) in [4.78, 5) is 3.21. The maximum absolute atomic E-state index is 13.0. The van der Waals surface area contributed by atoms with E-state index in [1.165, 1.54) is 0 Å². The topological polar surface area (TPSA) is 74.2 Å². The number of aromatic nitrogens is 1. The smallest absolute Gasteiger partial charge is 0.387 e. The summed E-state index contributed by atoms with van der Waals surface area (Å²) in [6, 6.07) is 0.769. The Labute approximate surface area is 81.8 Å². The van der Waals surface area contributed by atoms with E-state index < -0.39 is 36.0 Å². The molecule has 0 unspecified atom stereocenters. The second kappa shape index (κ2) is 3.89. The number of pyridine rings is 1. The van der Waals surface area contributed by atoms with E-state index in [-0.39, 0.29) is 0 Å². The van der Waals surface area contributed by atoms with Gasteiger partial charge in [0.1, 0.15) is 11.6 Å². The molecule has 0 aliphatic heterocycles. The molecule has 1 rings (SSSR count). The van der Waals surface area contributed by atoms with E-state index in [1.54, 1.807) is 0 Å². The molecule has 0 aliphatic carbocycles. The first-order valence-corrected chi connectivity index (χ1v) is 3.74. The van der Waals surface area contributed by atoms with Crippen molar-refractivity contribution in [2.45, 2.75) is 12.9 Å². The predicted molar refractivity (Wildman–Crippen MR) is 43.2 cm³/mol. The second-order valence-electron chi connectivity index (χ2n) is 2.56. The van der Waals surface area contributed by atoms with Crippen molar-refractivity contribution in [2.24, 2.45) is 5.73 Å². The number of nitrogen functional groups attached to an aromatic ring is 1. The monoisotopic (exact) mass is 225 g/mol. The third-order valence-corrected chi connectivity index (χ3v) is 1.47. The molecule has 0 amide bonds. The molecule has 0 atom stereocenters. The van der Waals surface area contributed by atoms with E-state index in [0.29, 0.717) is 0 Å².